The van der Waals surface area contributed by atoms with Crippen LogP contribution in [0.15, 0.2) is 63.9 Å². The van der Waals surface area contributed by atoms with E-state index < -0.39 is 15.8 Å². The lowest BCUT2D eigenvalue weighted by Crippen LogP contribution is -2.05. The molecule has 32 heavy (non-hydrogen) atoms. The van der Waals surface area contributed by atoms with Crippen molar-refractivity contribution >= 4 is 21.9 Å². The largest absolute Gasteiger partial charge is 0.493 e. The molecule has 168 valence electrons. The van der Waals surface area contributed by atoms with Gasteiger partial charge in [-0.25, -0.2) is 18.2 Å². The van der Waals surface area contributed by atoms with E-state index in [9.17, 15) is 13.2 Å². The quantitative estimate of drug-likeness (QED) is 0.351. The molecule has 0 N–H and O–H groups in total. The van der Waals surface area contributed by atoms with Crippen molar-refractivity contribution in [3.8, 4) is 17.2 Å². The van der Waals surface area contributed by atoms with Crippen LogP contribution in [0.2, 0.25) is 0 Å². The van der Waals surface area contributed by atoms with Crippen LogP contribution in [-0.2, 0) is 25.8 Å². The number of ether oxygens (including phenoxy) is 2. The third-order valence-corrected chi connectivity index (χ3v) is 5.74. The van der Waals surface area contributed by atoms with Gasteiger partial charge in [0.1, 0.15) is 11.5 Å². The third kappa shape index (κ3) is 6.07. The average molecular weight is 456 g/mol. The Hall–Kier alpha value is -3.39. The van der Waals surface area contributed by atoms with Crippen molar-refractivity contribution in [1.29, 1.82) is 0 Å². The maximum Gasteiger partial charge on any atom is 0.330 e. The van der Waals surface area contributed by atoms with Crippen molar-refractivity contribution < 1.29 is 27.1 Å². The summed E-state index contributed by atoms with van der Waals surface area (Å²) in [4.78, 5) is 16.2. The van der Waals surface area contributed by atoms with Gasteiger partial charge in [0.15, 0.2) is 9.84 Å². The highest BCUT2D eigenvalue weighted by atomic mass is 32.2. The fraction of sp³-hybridized carbons (Fsp3) is 0.250. The maximum absolute atomic E-state index is 12.2. The molecular weight excluding hydrogens is 430 g/mol. The van der Waals surface area contributed by atoms with E-state index in [1.807, 2.05) is 37.3 Å². The maximum atomic E-state index is 12.2. The Morgan fingerprint density at radius 2 is 1.91 bits per heavy atom. The standard InChI is InChI=1S/C24H25NO6S/c1-4-29-23(26)13-11-18-10-12-20(16-22(18)32(3,27)28)30-15-14-21-17(2)31-24(25-21)19-8-6-5-7-9-19/h5-13,16H,4,14-15H2,1-3H3. The summed E-state index contributed by atoms with van der Waals surface area (Å²) < 4.78 is 40.8. The van der Waals surface area contributed by atoms with E-state index >= 15 is 0 Å². The minimum absolute atomic E-state index is 0.0690. The van der Waals surface area contributed by atoms with Crippen LogP contribution in [0, 0.1) is 6.92 Å². The van der Waals surface area contributed by atoms with Crippen molar-refractivity contribution in [3.63, 3.8) is 0 Å². The molecule has 0 atom stereocenters. The smallest absolute Gasteiger partial charge is 0.330 e. The zero-order valence-corrected chi connectivity index (χ0v) is 19.0. The van der Waals surface area contributed by atoms with Gasteiger partial charge in [-0.2, -0.15) is 0 Å². The number of aromatic nitrogens is 1. The second kappa shape index (κ2) is 10.3. The van der Waals surface area contributed by atoms with Gasteiger partial charge in [0.05, 0.1) is 23.8 Å². The first-order valence-corrected chi connectivity index (χ1v) is 12.0. The van der Waals surface area contributed by atoms with Crippen LogP contribution < -0.4 is 4.74 Å². The molecule has 7 nitrogen and oxygen atoms in total. The molecule has 3 aromatic rings. The summed E-state index contributed by atoms with van der Waals surface area (Å²) in [6, 6.07) is 14.3. The Bertz CT molecular complexity index is 1210. The summed E-state index contributed by atoms with van der Waals surface area (Å²) in [5.74, 6) is 1.13. The van der Waals surface area contributed by atoms with Gasteiger partial charge in [-0.3, -0.25) is 0 Å². The minimum atomic E-state index is -3.54. The number of oxazole rings is 1. The van der Waals surface area contributed by atoms with Crippen LogP contribution in [0.25, 0.3) is 17.5 Å². The van der Waals surface area contributed by atoms with Crippen molar-refractivity contribution in [1.82, 2.24) is 4.98 Å². The number of hydrogen-bond acceptors (Lipinski definition) is 7. The normalized spacial score (nSPS) is 11.6. The predicted molar refractivity (Wildman–Crippen MR) is 121 cm³/mol. The van der Waals surface area contributed by atoms with E-state index in [4.69, 9.17) is 13.9 Å². The molecule has 0 fully saturated rings. The highest BCUT2D eigenvalue weighted by molar-refractivity contribution is 7.90. The van der Waals surface area contributed by atoms with Crippen molar-refractivity contribution in [3.05, 3.63) is 71.6 Å². The Balaban J connectivity index is 1.70. The number of hydrogen-bond donors (Lipinski definition) is 0. The summed E-state index contributed by atoms with van der Waals surface area (Å²) >= 11 is 0. The number of carbonyl (C=O) groups excluding carboxylic acids is 1. The van der Waals surface area contributed by atoms with Crippen LogP contribution in [0.5, 0.6) is 5.75 Å². The number of rotatable bonds is 9. The second-order valence-electron chi connectivity index (χ2n) is 7.04. The first kappa shape index (κ1) is 23.3. The van der Waals surface area contributed by atoms with Crippen LogP contribution in [0.3, 0.4) is 0 Å². The molecule has 2 aromatic carbocycles. The average Bonchev–Trinajstić information content (AvgIpc) is 3.13. The minimum Gasteiger partial charge on any atom is -0.493 e. The molecule has 0 radical (unpaired) electrons. The van der Waals surface area contributed by atoms with Crippen molar-refractivity contribution in [2.45, 2.75) is 25.2 Å². The molecule has 0 aliphatic rings. The van der Waals surface area contributed by atoms with Gasteiger partial charge in [0.25, 0.3) is 0 Å². The monoisotopic (exact) mass is 455 g/mol. The Morgan fingerprint density at radius 1 is 1.16 bits per heavy atom. The first-order valence-electron chi connectivity index (χ1n) is 10.1. The van der Waals surface area contributed by atoms with Gasteiger partial charge >= 0.3 is 5.97 Å². The van der Waals surface area contributed by atoms with Gasteiger partial charge in [-0.05, 0) is 55.8 Å². The third-order valence-electron chi connectivity index (χ3n) is 4.59. The van der Waals surface area contributed by atoms with E-state index in [1.165, 1.54) is 18.2 Å². The molecule has 1 aromatic heterocycles. The summed E-state index contributed by atoms with van der Waals surface area (Å²) in [5, 5.41) is 0. The number of sulfone groups is 1. The van der Waals surface area contributed by atoms with Crippen LogP contribution in [-0.4, -0.2) is 38.8 Å². The zero-order chi connectivity index (χ0) is 23.1. The molecule has 0 aliphatic carbocycles. The van der Waals surface area contributed by atoms with Gasteiger partial charge in [-0.1, -0.05) is 18.2 Å². The molecule has 0 spiro atoms. The molecule has 0 saturated carbocycles. The number of nitrogens with zero attached hydrogens (tertiary/aromatic N) is 1. The number of aryl methyl sites for hydroxylation is 1. The summed E-state index contributed by atoms with van der Waals surface area (Å²) in [6.45, 7) is 4.08. The summed E-state index contributed by atoms with van der Waals surface area (Å²) in [7, 11) is -3.54. The van der Waals surface area contributed by atoms with Crippen molar-refractivity contribution in [2.75, 3.05) is 19.5 Å². The number of carbonyl (C=O) groups is 1. The van der Waals surface area contributed by atoms with Gasteiger partial charge in [-0.15, -0.1) is 0 Å². The highest BCUT2D eigenvalue weighted by Crippen LogP contribution is 2.25. The number of benzene rings is 2. The molecule has 8 heteroatoms. The molecule has 0 saturated heterocycles. The Kier molecular flexibility index (Phi) is 7.48. The molecule has 0 aliphatic heterocycles. The van der Waals surface area contributed by atoms with E-state index in [0.717, 1.165) is 17.5 Å². The van der Waals surface area contributed by atoms with Crippen LogP contribution in [0.1, 0.15) is 23.9 Å². The lowest BCUT2D eigenvalue weighted by Gasteiger charge is -2.09. The summed E-state index contributed by atoms with van der Waals surface area (Å²) in [5.41, 5.74) is 2.06. The molecule has 0 bridgehead atoms. The van der Waals surface area contributed by atoms with Crippen molar-refractivity contribution in [2.24, 2.45) is 0 Å². The molecule has 0 unspecified atom stereocenters. The SMILES string of the molecule is CCOC(=O)C=Cc1ccc(OCCc2nc(-c3ccccc3)oc2C)cc1S(C)(=O)=O. The summed E-state index contributed by atoms with van der Waals surface area (Å²) in [6.07, 6.45) is 4.23. The van der Waals surface area contributed by atoms with Crippen LogP contribution >= 0.6 is 0 Å². The lowest BCUT2D eigenvalue weighted by atomic mass is 10.2. The second-order valence-corrected chi connectivity index (χ2v) is 9.03. The van der Waals surface area contributed by atoms with E-state index in [1.54, 1.807) is 19.1 Å². The highest BCUT2D eigenvalue weighted by Gasteiger charge is 2.15. The Morgan fingerprint density at radius 3 is 2.59 bits per heavy atom. The topological polar surface area (TPSA) is 95.7 Å². The van der Waals surface area contributed by atoms with E-state index in [-0.39, 0.29) is 11.5 Å². The fourth-order valence-corrected chi connectivity index (χ4v) is 3.94. The van der Waals surface area contributed by atoms with Gasteiger partial charge in [0.2, 0.25) is 5.89 Å². The zero-order valence-electron chi connectivity index (χ0n) is 18.2. The molecule has 0 amide bonds. The Labute approximate surface area is 187 Å². The first-order chi connectivity index (χ1) is 15.3. The van der Waals surface area contributed by atoms with E-state index in [0.29, 0.717) is 36.0 Å². The van der Waals surface area contributed by atoms with Crippen LogP contribution in [0.4, 0.5) is 0 Å². The van der Waals surface area contributed by atoms with Gasteiger partial charge < -0.3 is 13.9 Å². The van der Waals surface area contributed by atoms with E-state index in [2.05, 4.69) is 4.98 Å². The molecule has 1 heterocycles. The number of esters is 1. The fourth-order valence-electron chi connectivity index (χ4n) is 3.04. The lowest BCUT2D eigenvalue weighted by molar-refractivity contribution is -0.137. The molecular formula is C24H25NO6S. The van der Waals surface area contributed by atoms with Gasteiger partial charge in [0, 0.05) is 24.3 Å². The molecule has 3 rings (SSSR count). The predicted octanol–water partition coefficient (Wildman–Crippen LogP) is 4.25.